The van der Waals surface area contributed by atoms with Gasteiger partial charge in [-0.15, -0.1) is 0 Å². The molecule has 1 amide bonds. The molecule has 0 bridgehead atoms. The van der Waals surface area contributed by atoms with E-state index >= 15 is 0 Å². The van der Waals surface area contributed by atoms with Gasteiger partial charge >= 0.3 is 0 Å². The maximum absolute atomic E-state index is 12.2. The number of hydrogen-bond acceptors (Lipinski definition) is 5. The average Bonchev–Trinajstić information content (AvgIpc) is 3.09. The van der Waals surface area contributed by atoms with Gasteiger partial charge in [-0.1, -0.05) is 0 Å². The Labute approximate surface area is 151 Å². The van der Waals surface area contributed by atoms with Crippen molar-refractivity contribution in [3.05, 3.63) is 42.0 Å². The van der Waals surface area contributed by atoms with Gasteiger partial charge in [0.2, 0.25) is 5.91 Å². The van der Waals surface area contributed by atoms with Gasteiger partial charge in [0.1, 0.15) is 6.61 Å². The summed E-state index contributed by atoms with van der Waals surface area (Å²) in [5, 5.41) is 5.19. The Bertz CT molecular complexity index is 966. The van der Waals surface area contributed by atoms with Crippen molar-refractivity contribution in [2.24, 2.45) is 7.05 Å². The average molecular weight is 351 g/mol. The molecule has 4 rings (SSSR count). The molecule has 134 valence electrons. The molecule has 0 fully saturated rings. The first-order valence-corrected chi connectivity index (χ1v) is 8.77. The van der Waals surface area contributed by atoms with E-state index in [-0.39, 0.29) is 12.5 Å². The monoisotopic (exact) mass is 351 g/mol. The van der Waals surface area contributed by atoms with Crippen LogP contribution in [0.3, 0.4) is 0 Å². The van der Waals surface area contributed by atoms with Gasteiger partial charge in [-0.25, -0.2) is 9.97 Å². The summed E-state index contributed by atoms with van der Waals surface area (Å²) in [7, 11) is 1.89. The van der Waals surface area contributed by atoms with E-state index in [4.69, 9.17) is 9.72 Å². The number of hydrogen-bond donors (Lipinski definition) is 0. The molecular weight excluding hydrogens is 330 g/mol. The van der Waals surface area contributed by atoms with Crippen LogP contribution in [0.4, 0.5) is 0 Å². The van der Waals surface area contributed by atoms with Crippen LogP contribution in [0, 0.1) is 0 Å². The number of fused-ring (bicyclic) bond motifs is 2. The normalized spacial score (nSPS) is 13.8. The third-order valence-electron chi connectivity index (χ3n) is 4.64. The SMILES string of the molecule is CCOCC(=O)N1CCc2nc3ncc(-c4cnn(C)c4)cc3cc2C1. The minimum absolute atomic E-state index is 0.0276. The van der Waals surface area contributed by atoms with E-state index in [1.54, 1.807) is 4.68 Å². The number of aryl methyl sites for hydroxylation is 1. The molecule has 3 aromatic heterocycles. The molecule has 0 spiro atoms. The number of nitrogens with zero attached hydrogens (tertiary/aromatic N) is 5. The van der Waals surface area contributed by atoms with E-state index < -0.39 is 0 Å². The minimum atomic E-state index is 0.0276. The molecule has 0 unspecified atom stereocenters. The van der Waals surface area contributed by atoms with E-state index in [2.05, 4.69) is 22.2 Å². The number of amides is 1. The minimum Gasteiger partial charge on any atom is -0.372 e. The molecule has 0 radical (unpaired) electrons. The zero-order valence-electron chi connectivity index (χ0n) is 15.0. The number of rotatable bonds is 4. The van der Waals surface area contributed by atoms with Crippen LogP contribution in [0.1, 0.15) is 18.2 Å². The van der Waals surface area contributed by atoms with Crippen molar-refractivity contribution in [2.75, 3.05) is 19.8 Å². The molecule has 0 saturated carbocycles. The molecule has 1 aliphatic rings. The standard InChI is InChI=1S/C19H21N5O2/c1-3-26-12-18(25)24-5-4-17-15(11-24)7-13-6-14(8-20-19(13)22-17)16-9-21-23(2)10-16/h6-10H,3-5,11-12H2,1-2H3. The molecule has 0 atom stereocenters. The predicted molar refractivity (Wildman–Crippen MR) is 97.4 cm³/mol. The molecule has 0 aliphatic carbocycles. The Kier molecular flexibility index (Phi) is 4.38. The highest BCUT2D eigenvalue weighted by Crippen LogP contribution is 2.25. The van der Waals surface area contributed by atoms with Gasteiger partial charge < -0.3 is 9.64 Å². The molecule has 7 nitrogen and oxygen atoms in total. The molecule has 7 heteroatoms. The summed E-state index contributed by atoms with van der Waals surface area (Å²) in [5.41, 5.74) is 4.88. The van der Waals surface area contributed by atoms with Crippen LogP contribution < -0.4 is 0 Å². The molecule has 0 aromatic carbocycles. The van der Waals surface area contributed by atoms with Gasteiger partial charge in [0.05, 0.1) is 6.20 Å². The highest BCUT2D eigenvalue weighted by atomic mass is 16.5. The Morgan fingerprint density at radius 1 is 1.27 bits per heavy atom. The second-order valence-electron chi connectivity index (χ2n) is 6.47. The first kappa shape index (κ1) is 16.7. The number of aromatic nitrogens is 4. The van der Waals surface area contributed by atoms with Crippen LogP contribution in [0.15, 0.2) is 30.7 Å². The van der Waals surface area contributed by atoms with Crippen molar-refractivity contribution in [2.45, 2.75) is 19.9 Å². The molecule has 1 aliphatic heterocycles. The summed E-state index contributed by atoms with van der Waals surface area (Å²) in [6.45, 7) is 3.82. The quantitative estimate of drug-likeness (QED) is 0.718. The lowest BCUT2D eigenvalue weighted by molar-refractivity contribution is -0.136. The van der Waals surface area contributed by atoms with Crippen LogP contribution in [0.2, 0.25) is 0 Å². The number of pyridine rings is 2. The van der Waals surface area contributed by atoms with Crippen molar-refractivity contribution < 1.29 is 9.53 Å². The lowest BCUT2D eigenvalue weighted by atomic mass is 10.0. The molecule has 0 N–H and O–H groups in total. The summed E-state index contributed by atoms with van der Waals surface area (Å²) in [4.78, 5) is 23.3. The molecule has 3 aromatic rings. The van der Waals surface area contributed by atoms with Crippen molar-refractivity contribution >= 4 is 16.9 Å². The predicted octanol–water partition coefficient (Wildman–Crippen LogP) is 1.95. The van der Waals surface area contributed by atoms with E-state index in [0.717, 1.165) is 39.8 Å². The summed E-state index contributed by atoms with van der Waals surface area (Å²) in [5.74, 6) is 0.0276. The van der Waals surface area contributed by atoms with Crippen LogP contribution >= 0.6 is 0 Å². The lowest BCUT2D eigenvalue weighted by Crippen LogP contribution is -2.38. The Balaban J connectivity index is 1.64. The molecule has 0 saturated heterocycles. The van der Waals surface area contributed by atoms with E-state index in [1.807, 2.05) is 37.5 Å². The van der Waals surface area contributed by atoms with E-state index in [1.165, 1.54) is 0 Å². The van der Waals surface area contributed by atoms with Gasteiger partial charge in [-0.3, -0.25) is 9.48 Å². The lowest BCUT2D eigenvalue weighted by Gasteiger charge is -2.28. The first-order valence-electron chi connectivity index (χ1n) is 8.77. The maximum Gasteiger partial charge on any atom is 0.248 e. The second-order valence-corrected chi connectivity index (χ2v) is 6.47. The number of ether oxygens (including phenoxy) is 1. The summed E-state index contributed by atoms with van der Waals surface area (Å²) in [6, 6.07) is 4.18. The van der Waals surface area contributed by atoms with Crippen LogP contribution in [-0.2, 0) is 29.5 Å². The fourth-order valence-electron chi connectivity index (χ4n) is 3.25. The fourth-order valence-corrected chi connectivity index (χ4v) is 3.25. The Hall–Kier alpha value is -2.80. The van der Waals surface area contributed by atoms with Crippen LogP contribution in [0.5, 0.6) is 0 Å². The van der Waals surface area contributed by atoms with E-state index in [0.29, 0.717) is 19.7 Å². The van der Waals surface area contributed by atoms with Gasteiger partial charge in [0.25, 0.3) is 0 Å². The molecule has 26 heavy (non-hydrogen) atoms. The van der Waals surface area contributed by atoms with Crippen molar-refractivity contribution in [3.63, 3.8) is 0 Å². The highest BCUT2D eigenvalue weighted by molar-refractivity contribution is 5.82. The topological polar surface area (TPSA) is 73.1 Å². The largest absolute Gasteiger partial charge is 0.372 e. The van der Waals surface area contributed by atoms with E-state index in [9.17, 15) is 4.79 Å². The zero-order chi connectivity index (χ0) is 18.1. The second kappa shape index (κ2) is 6.84. The highest BCUT2D eigenvalue weighted by Gasteiger charge is 2.22. The van der Waals surface area contributed by atoms with Crippen LogP contribution in [0.25, 0.3) is 22.2 Å². The summed E-state index contributed by atoms with van der Waals surface area (Å²) in [6.07, 6.45) is 6.36. The number of carbonyl (C=O) groups is 1. The zero-order valence-corrected chi connectivity index (χ0v) is 15.0. The summed E-state index contributed by atoms with van der Waals surface area (Å²) >= 11 is 0. The number of carbonyl (C=O) groups excluding carboxylic acids is 1. The third kappa shape index (κ3) is 3.17. The third-order valence-corrected chi connectivity index (χ3v) is 4.64. The Morgan fingerprint density at radius 3 is 2.92 bits per heavy atom. The fraction of sp³-hybridized carbons (Fsp3) is 0.368. The maximum atomic E-state index is 12.2. The van der Waals surface area contributed by atoms with Gasteiger partial charge in [0.15, 0.2) is 5.65 Å². The van der Waals surface area contributed by atoms with Gasteiger partial charge in [-0.05, 0) is 24.6 Å². The molecule has 4 heterocycles. The Morgan fingerprint density at radius 2 is 2.15 bits per heavy atom. The van der Waals surface area contributed by atoms with Gasteiger partial charge in [0, 0.05) is 67.8 Å². The first-order chi connectivity index (χ1) is 12.6. The molecular formula is C19H21N5O2. The smallest absolute Gasteiger partial charge is 0.248 e. The van der Waals surface area contributed by atoms with Crippen molar-refractivity contribution in [1.29, 1.82) is 0 Å². The summed E-state index contributed by atoms with van der Waals surface area (Å²) < 4.78 is 7.02. The van der Waals surface area contributed by atoms with Crippen LogP contribution in [-0.4, -0.2) is 50.3 Å². The van der Waals surface area contributed by atoms with Crippen molar-refractivity contribution in [1.82, 2.24) is 24.6 Å². The van der Waals surface area contributed by atoms with Crippen molar-refractivity contribution in [3.8, 4) is 11.1 Å². The van der Waals surface area contributed by atoms with Gasteiger partial charge in [-0.2, -0.15) is 5.10 Å².